The fourth-order valence-electron chi connectivity index (χ4n) is 8.02. The molecule has 2 aliphatic rings. The second kappa shape index (κ2) is 19.9. The summed E-state index contributed by atoms with van der Waals surface area (Å²) in [6.45, 7) is 5.98. The maximum Gasteiger partial charge on any atom is 0.325 e. The lowest BCUT2D eigenvalue weighted by Gasteiger charge is -2.27. The van der Waals surface area contributed by atoms with Gasteiger partial charge in [-0.3, -0.25) is 29.6 Å². The van der Waals surface area contributed by atoms with Crippen molar-refractivity contribution in [3.63, 3.8) is 0 Å². The van der Waals surface area contributed by atoms with Crippen LogP contribution in [0.25, 0.3) is 22.3 Å². The molecule has 8 rings (SSSR count). The van der Waals surface area contributed by atoms with Crippen molar-refractivity contribution in [2.24, 2.45) is 0 Å². The molecule has 2 unspecified atom stereocenters. The Morgan fingerprint density at radius 1 is 0.581 bits per heavy atom. The Balaban J connectivity index is 0.000000186. The van der Waals surface area contributed by atoms with Crippen molar-refractivity contribution < 1.29 is 28.7 Å². The van der Waals surface area contributed by atoms with Crippen LogP contribution in [0, 0.1) is 0 Å². The van der Waals surface area contributed by atoms with E-state index in [4.69, 9.17) is 9.47 Å². The molecule has 6 aromatic rings. The van der Waals surface area contributed by atoms with Crippen molar-refractivity contribution in [2.45, 2.75) is 51.6 Å². The number of H-pyrrole nitrogens is 2. The third kappa shape index (κ3) is 9.39. The summed E-state index contributed by atoms with van der Waals surface area (Å²) in [6.07, 6.45) is 9.49. The summed E-state index contributed by atoms with van der Waals surface area (Å²) in [5, 5.41) is 13.6. The summed E-state index contributed by atoms with van der Waals surface area (Å²) in [4.78, 5) is 59.6. The number of anilines is 2. The molecule has 4 heterocycles. The van der Waals surface area contributed by atoms with Crippen molar-refractivity contribution in [1.82, 2.24) is 30.2 Å². The number of carbonyl (C=O) groups is 4. The molecule has 2 saturated heterocycles. The SMILES string of the molecule is CCCC(=O)C(c1cccc(OC)c1)N1CCN(c2ccc(-c3cn[nH]c3)cc2)C1=O.CCCC(=O)C(c1cccc(OC)c1)N1CCN(c2ccc(-c3cn[nH]c3)cc2)C1=O. The van der Waals surface area contributed by atoms with Gasteiger partial charge in [-0.2, -0.15) is 10.2 Å². The molecule has 2 fully saturated rings. The standard InChI is InChI=1S/2C24H26N4O3/c2*1-3-5-22(29)23(18-6-4-7-21(14-18)31-2)28-13-12-27(24(28)30)20-10-8-17(9-11-20)19-15-25-26-16-19/h2*4,6-11,14-16,23H,3,5,12-13H2,1-2H3,(H,25,26). The zero-order valence-electron chi connectivity index (χ0n) is 35.5. The number of nitrogens with zero attached hydrogens (tertiary/aromatic N) is 6. The van der Waals surface area contributed by atoms with Gasteiger partial charge in [0.15, 0.2) is 11.6 Å². The van der Waals surface area contributed by atoms with Gasteiger partial charge < -0.3 is 19.3 Å². The van der Waals surface area contributed by atoms with E-state index in [2.05, 4.69) is 20.4 Å². The molecule has 2 N–H and O–H groups in total. The minimum atomic E-state index is -0.613. The first kappa shape index (κ1) is 42.9. The Kier molecular flexibility index (Phi) is 13.8. The number of hydrogen-bond donors (Lipinski definition) is 2. The Morgan fingerprint density at radius 3 is 1.32 bits per heavy atom. The topological polar surface area (TPSA) is 157 Å². The number of ether oxygens (including phenoxy) is 2. The second-order valence-electron chi connectivity index (χ2n) is 15.1. The summed E-state index contributed by atoms with van der Waals surface area (Å²) in [7, 11) is 3.19. The van der Waals surface area contributed by atoms with Gasteiger partial charge in [0, 0.05) is 73.9 Å². The molecule has 4 amide bonds. The van der Waals surface area contributed by atoms with Gasteiger partial charge in [0.25, 0.3) is 0 Å². The van der Waals surface area contributed by atoms with E-state index in [0.717, 1.165) is 57.6 Å². The first-order valence-corrected chi connectivity index (χ1v) is 20.9. The van der Waals surface area contributed by atoms with E-state index in [9.17, 15) is 19.2 Å². The van der Waals surface area contributed by atoms with Crippen molar-refractivity contribution >= 4 is 35.0 Å². The lowest BCUT2D eigenvalue weighted by atomic mass is 9.98. The number of nitrogens with one attached hydrogen (secondary N) is 2. The number of Topliss-reactive ketones (excluding diaryl/α,β-unsaturated/α-hetero) is 2. The lowest BCUT2D eigenvalue weighted by Crippen LogP contribution is -2.38. The molecule has 320 valence electrons. The molecule has 14 heteroatoms. The highest BCUT2D eigenvalue weighted by molar-refractivity contribution is 5.99. The molecule has 0 radical (unpaired) electrons. The van der Waals surface area contributed by atoms with Crippen LogP contribution in [0.1, 0.15) is 62.7 Å². The Bertz CT molecular complexity index is 2270. The van der Waals surface area contributed by atoms with Gasteiger partial charge >= 0.3 is 12.1 Å². The predicted octanol–water partition coefficient (Wildman–Crippen LogP) is 8.88. The van der Waals surface area contributed by atoms with Gasteiger partial charge in [-0.25, -0.2) is 9.59 Å². The first-order valence-electron chi connectivity index (χ1n) is 20.9. The molecule has 14 nitrogen and oxygen atoms in total. The van der Waals surface area contributed by atoms with Crippen LogP contribution in [0.3, 0.4) is 0 Å². The Morgan fingerprint density at radius 2 is 0.984 bits per heavy atom. The van der Waals surface area contributed by atoms with E-state index in [1.807, 2.05) is 123 Å². The van der Waals surface area contributed by atoms with Crippen molar-refractivity contribution in [1.29, 1.82) is 0 Å². The molecule has 62 heavy (non-hydrogen) atoms. The second-order valence-corrected chi connectivity index (χ2v) is 15.1. The highest BCUT2D eigenvalue weighted by Crippen LogP contribution is 2.34. The van der Waals surface area contributed by atoms with E-state index in [-0.39, 0.29) is 23.6 Å². The number of aromatic amines is 2. The summed E-state index contributed by atoms with van der Waals surface area (Å²) in [5.41, 5.74) is 7.21. The van der Waals surface area contributed by atoms with Crippen LogP contribution in [-0.2, 0) is 9.59 Å². The van der Waals surface area contributed by atoms with Gasteiger partial charge in [-0.05, 0) is 83.6 Å². The number of benzene rings is 4. The van der Waals surface area contributed by atoms with Gasteiger partial charge in [0.1, 0.15) is 23.6 Å². The minimum absolute atomic E-state index is 0.0428. The highest BCUT2D eigenvalue weighted by Gasteiger charge is 2.40. The quantitative estimate of drug-likeness (QED) is 0.0979. The molecule has 4 aromatic carbocycles. The zero-order valence-corrected chi connectivity index (χ0v) is 35.5. The van der Waals surface area contributed by atoms with Gasteiger partial charge in [0.2, 0.25) is 0 Å². The van der Waals surface area contributed by atoms with Crippen LogP contribution < -0.4 is 19.3 Å². The maximum atomic E-state index is 13.4. The largest absolute Gasteiger partial charge is 0.497 e. The fourth-order valence-corrected chi connectivity index (χ4v) is 8.02. The van der Waals surface area contributed by atoms with Crippen LogP contribution in [0.4, 0.5) is 21.0 Å². The number of carbonyl (C=O) groups excluding carboxylic acids is 4. The van der Waals surface area contributed by atoms with E-state index in [1.54, 1.807) is 46.2 Å². The first-order chi connectivity index (χ1) is 30.2. The van der Waals surface area contributed by atoms with Crippen LogP contribution in [0.15, 0.2) is 122 Å². The number of rotatable bonds is 16. The normalized spacial score (nSPS) is 14.7. The molecule has 0 saturated carbocycles. The molecule has 2 atom stereocenters. The van der Waals surface area contributed by atoms with E-state index in [1.165, 1.54) is 0 Å². The smallest absolute Gasteiger partial charge is 0.325 e. The number of amides is 4. The number of hydrogen-bond acceptors (Lipinski definition) is 8. The van der Waals surface area contributed by atoms with Crippen LogP contribution in [0.5, 0.6) is 11.5 Å². The van der Waals surface area contributed by atoms with Crippen LogP contribution in [0.2, 0.25) is 0 Å². The van der Waals surface area contributed by atoms with Crippen molar-refractivity contribution in [3.8, 4) is 33.8 Å². The summed E-state index contributed by atoms with van der Waals surface area (Å²) < 4.78 is 10.7. The van der Waals surface area contributed by atoms with Gasteiger partial charge in [-0.15, -0.1) is 0 Å². The Labute approximate surface area is 361 Å². The average Bonchev–Trinajstić information content (AvgIpc) is 4.15. The van der Waals surface area contributed by atoms with Gasteiger partial charge in [-0.1, -0.05) is 62.4 Å². The minimum Gasteiger partial charge on any atom is -0.497 e. The van der Waals surface area contributed by atoms with Crippen molar-refractivity contribution in [2.75, 3.05) is 50.2 Å². The van der Waals surface area contributed by atoms with Crippen LogP contribution >= 0.6 is 0 Å². The van der Waals surface area contributed by atoms with Gasteiger partial charge in [0.05, 0.1) is 26.6 Å². The molecular formula is C48H52N8O6. The number of aromatic nitrogens is 4. The molecule has 2 aliphatic heterocycles. The fraction of sp³-hybridized carbons (Fsp3) is 0.292. The average molecular weight is 837 g/mol. The summed E-state index contributed by atoms with van der Waals surface area (Å²) >= 11 is 0. The predicted molar refractivity (Wildman–Crippen MR) is 238 cm³/mol. The third-order valence-corrected chi connectivity index (χ3v) is 11.1. The van der Waals surface area contributed by atoms with E-state index >= 15 is 0 Å². The van der Waals surface area contributed by atoms with E-state index in [0.29, 0.717) is 50.5 Å². The zero-order chi connectivity index (χ0) is 43.6. The molecular weight excluding hydrogens is 785 g/mol. The van der Waals surface area contributed by atoms with E-state index < -0.39 is 12.1 Å². The van der Waals surface area contributed by atoms with Crippen molar-refractivity contribution in [3.05, 3.63) is 133 Å². The molecule has 2 aromatic heterocycles. The molecule has 0 aliphatic carbocycles. The highest BCUT2D eigenvalue weighted by atomic mass is 16.5. The maximum absolute atomic E-state index is 13.4. The summed E-state index contributed by atoms with van der Waals surface area (Å²) in [6, 6.07) is 28.9. The Hall–Kier alpha value is -7.22. The number of urea groups is 2. The van der Waals surface area contributed by atoms with Crippen LogP contribution in [-0.4, -0.2) is 94.2 Å². The lowest BCUT2D eigenvalue weighted by molar-refractivity contribution is -0.124. The number of methoxy groups -OCH3 is 2. The monoisotopic (exact) mass is 836 g/mol. The molecule has 0 bridgehead atoms. The number of ketones is 2. The summed E-state index contributed by atoms with van der Waals surface area (Å²) in [5.74, 6) is 1.43. The molecule has 0 spiro atoms. The third-order valence-electron chi connectivity index (χ3n) is 11.1.